The Balaban J connectivity index is 2.19. The average molecular weight is 340 g/mol. The third-order valence-corrected chi connectivity index (χ3v) is 3.87. The predicted octanol–water partition coefficient (Wildman–Crippen LogP) is 4.03. The summed E-state index contributed by atoms with van der Waals surface area (Å²) in [6.45, 7) is 5.48. The van der Waals surface area contributed by atoms with Crippen LogP contribution in [0.4, 0.5) is 11.4 Å². The first-order valence-electron chi connectivity index (χ1n) is 8.23. The van der Waals surface area contributed by atoms with Gasteiger partial charge in [-0.15, -0.1) is 0 Å². The van der Waals surface area contributed by atoms with Gasteiger partial charge in [-0.1, -0.05) is 32.0 Å². The zero-order valence-electron chi connectivity index (χ0n) is 15.0. The lowest BCUT2D eigenvalue weighted by atomic mass is 9.87. The number of rotatable bonds is 6. The second-order valence-corrected chi connectivity index (χ2v) is 6.25. The Morgan fingerprint density at radius 3 is 2.08 bits per heavy atom. The Bertz CT molecular complexity index is 739. The second kappa shape index (κ2) is 8.33. The molecule has 2 amide bonds. The summed E-state index contributed by atoms with van der Waals surface area (Å²) in [4.78, 5) is 24.0. The van der Waals surface area contributed by atoms with Gasteiger partial charge in [0.05, 0.1) is 13.0 Å². The highest BCUT2D eigenvalue weighted by atomic mass is 16.5. The van der Waals surface area contributed by atoms with Gasteiger partial charge >= 0.3 is 0 Å². The highest BCUT2D eigenvalue weighted by Crippen LogP contribution is 2.28. The molecule has 0 saturated carbocycles. The van der Waals surface area contributed by atoms with E-state index in [0.717, 1.165) is 11.3 Å². The minimum atomic E-state index is -0.282. The number of benzene rings is 2. The van der Waals surface area contributed by atoms with Crippen molar-refractivity contribution >= 4 is 23.2 Å². The fourth-order valence-corrected chi connectivity index (χ4v) is 2.75. The zero-order valence-corrected chi connectivity index (χ0v) is 15.0. The third-order valence-electron chi connectivity index (χ3n) is 3.87. The lowest BCUT2D eigenvalue weighted by Gasteiger charge is -2.21. The minimum Gasteiger partial charge on any atom is -0.497 e. The van der Waals surface area contributed by atoms with Crippen molar-refractivity contribution in [3.8, 4) is 5.75 Å². The molecule has 2 N–H and O–H groups in total. The van der Waals surface area contributed by atoms with Gasteiger partial charge < -0.3 is 15.4 Å². The molecule has 1 atom stereocenters. The van der Waals surface area contributed by atoms with Crippen LogP contribution in [0.25, 0.3) is 0 Å². The van der Waals surface area contributed by atoms with Crippen LogP contribution in [0.2, 0.25) is 0 Å². The van der Waals surface area contributed by atoms with E-state index in [1.807, 2.05) is 38.1 Å². The van der Waals surface area contributed by atoms with E-state index in [0.29, 0.717) is 11.4 Å². The van der Waals surface area contributed by atoms with Crippen LogP contribution in [0.15, 0.2) is 48.5 Å². The number of hydrogen-bond donors (Lipinski definition) is 2. The summed E-state index contributed by atoms with van der Waals surface area (Å²) in [5, 5.41) is 5.65. The van der Waals surface area contributed by atoms with E-state index in [1.54, 1.807) is 31.4 Å². The number of amides is 2. The average Bonchev–Trinajstić information content (AvgIpc) is 2.55. The summed E-state index contributed by atoms with van der Waals surface area (Å²) in [5.74, 6) is 0.374. The summed E-state index contributed by atoms with van der Waals surface area (Å²) < 4.78 is 5.18. The molecule has 0 spiro atoms. The standard InChI is InChI=1S/C20H24N2O3/c1-13(2)19(15-8-10-18(25-4)11-9-15)20(24)22-17-7-5-6-16(12-17)21-14(3)23/h5-13,19H,1-4H3,(H,21,23)(H,22,24). The van der Waals surface area contributed by atoms with Crippen molar-refractivity contribution in [2.75, 3.05) is 17.7 Å². The van der Waals surface area contributed by atoms with Crippen molar-refractivity contribution in [1.82, 2.24) is 0 Å². The molecular formula is C20H24N2O3. The number of hydrogen-bond acceptors (Lipinski definition) is 3. The summed E-state index contributed by atoms with van der Waals surface area (Å²) in [7, 11) is 1.61. The predicted molar refractivity (Wildman–Crippen MR) is 99.9 cm³/mol. The SMILES string of the molecule is COc1ccc(C(C(=O)Nc2cccc(NC(C)=O)c2)C(C)C)cc1. The quantitative estimate of drug-likeness (QED) is 0.834. The molecule has 0 aromatic heterocycles. The first-order valence-corrected chi connectivity index (χ1v) is 8.23. The Hall–Kier alpha value is -2.82. The van der Waals surface area contributed by atoms with Crippen LogP contribution < -0.4 is 15.4 Å². The number of methoxy groups -OCH3 is 1. The van der Waals surface area contributed by atoms with Gasteiger partial charge in [0, 0.05) is 18.3 Å². The van der Waals surface area contributed by atoms with Gasteiger partial charge in [0.1, 0.15) is 5.75 Å². The van der Waals surface area contributed by atoms with Gasteiger partial charge in [0.25, 0.3) is 0 Å². The van der Waals surface area contributed by atoms with Crippen LogP contribution in [-0.4, -0.2) is 18.9 Å². The van der Waals surface area contributed by atoms with Crippen LogP contribution >= 0.6 is 0 Å². The fraction of sp³-hybridized carbons (Fsp3) is 0.300. The van der Waals surface area contributed by atoms with Gasteiger partial charge in [0.15, 0.2) is 0 Å². The monoisotopic (exact) mass is 340 g/mol. The fourth-order valence-electron chi connectivity index (χ4n) is 2.75. The van der Waals surface area contributed by atoms with Gasteiger partial charge in [-0.05, 0) is 41.8 Å². The van der Waals surface area contributed by atoms with E-state index in [2.05, 4.69) is 10.6 Å². The summed E-state index contributed by atoms with van der Waals surface area (Å²) in [6, 6.07) is 14.6. The van der Waals surface area contributed by atoms with Crippen LogP contribution in [0, 0.1) is 5.92 Å². The van der Waals surface area contributed by atoms with Gasteiger partial charge in [-0.3, -0.25) is 9.59 Å². The second-order valence-electron chi connectivity index (χ2n) is 6.25. The molecule has 5 heteroatoms. The number of carbonyl (C=O) groups is 2. The zero-order chi connectivity index (χ0) is 18.4. The van der Waals surface area contributed by atoms with Gasteiger partial charge in [0.2, 0.25) is 11.8 Å². The Labute approximate surface area is 148 Å². The van der Waals surface area contributed by atoms with Crippen molar-refractivity contribution in [2.24, 2.45) is 5.92 Å². The molecule has 1 unspecified atom stereocenters. The molecule has 0 aliphatic carbocycles. The van der Waals surface area contributed by atoms with Crippen molar-refractivity contribution in [3.63, 3.8) is 0 Å². The van der Waals surface area contributed by atoms with Gasteiger partial charge in [-0.25, -0.2) is 0 Å². The molecule has 0 heterocycles. The number of nitrogens with one attached hydrogen (secondary N) is 2. The van der Waals surface area contributed by atoms with Crippen LogP contribution in [0.5, 0.6) is 5.75 Å². The van der Waals surface area contributed by atoms with E-state index >= 15 is 0 Å². The smallest absolute Gasteiger partial charge is 0.232 e. The lowest BCUT2D eigenvalue weighted by Crippen LogP contribution is -2.25. The van der Waals surface area contributed by atoms with Crippen LogP contribution in [0.1, 0.15) is 32.3 Å². The molecule has 2 rings (SSSR count). The Kier molecular flexibility index (Phi) is 6.17. The topological polar surface area (TPSA) is 67.4 Å². The highest BCUT2D eigenvalue weighted by Gasteiger charge is 2.24. The lowest BCUT2D eigenvalue weighted by molar-refractivity contribution is -0.118. The van der Waals surface area contributed by atoms with Crippen LogP contribution in [-0.2, 0) is 9.59 Å². The van der Waals surface area contributed by atoms with E-state index < -0.39 is 0 Å². The Morgan fingerprint density at radius 1 is 0.960 bits per heavy atom. The summed E-state index contributed by atoms with van der Waals surface area (Å²) in [5.41, 5.74) is 2.23. The molecule has 0 radical (unpaired) electrons. The molecule has 2 aromatic rings. The molecule has 5 nitrogen and oxygen atoms in total. The highest BCUT2D eigenvalue weighted by molar-refractivity contribution is 5.97. The van der Waals surface area contributed by atoms with E-state index in [1.165, 1.54) is 6.92 Å². The van der Waals surface area contributed by atoms with E-state index in [-0.39, 0.29) is 23.7 Å². The minimum absolute atomic E-state index is 0.0832. The summed E-state index contributed by atoms with van der Waals surface area (Å²) in [6.07, 6.45) is 0. The number of anilines is 2. The van der Waals surface area contributed by atoms with Crippen LogP contribution in [0.3, 0.4) is 0 Å². The van der Waals surface area contributed by atoms with E-state index in [4.69, 9.17) is 4.74 Å². The largest absolute Gasteiger partial charge is 0.497 e. The molecule has 0 fully saturated rings. The number of carbonyl (C=O) groups excluding carboxylic acids is 2. The molecule has 132 valence electrons. The Morgan fingerprint density at radius 2 is 1.56 bits per heavy atom. The molecule has 0 aliphatic rings. The summed E-state index contributed by atoms with van der Waals surface area (Å²) >= 11 is 0. The molecule has 0 saturated heterocycles. The van der Waals surface area contributed by atoms with E-state index in [9.17, 15) is 9.59 Å². The molecule has 25 heavy (non-hydrogen) atoms. The van der Waals surface area contributed by atoms with Gasteiger partial charge in [-0.2, -0.15) is 0 Å². The maximum absolute atomic E-state index is 12.8. The first-order chi connectivity index (χ1) is 11.9. The normalized spacial score (nSPS) is 11.7. The molecule has 0 bridgehead atoms. The third kappa shape index (κ3) is 5.08. The van der Waals surface area contributed by atoms with Crippen molar-refractivity contribution in [3.05, 3.63) is 54.1 Å². The van der Waals surface area contributed by atoms with Crippen molar-refractivity contribution in [1.29, 1.82) is 0 Å². The number of ether oxygens (including phenoxy) is 1. The maximum Gasteiger partial charge on any atom is 0.232 e. The maximum atomic E-state index is 12.8. The first kappa shape index (κ1) is 18.5. The van der Waals surface area contributed by atoms with Crippen molar-refractivity contribution < 1.29 is 14.3 Å². The van der Waals surface area contributed by atoms with Crippen molar-refractivity contribution in [2.45, 2.75) is 26.7 Å². The molecular weight excluding hydrogens is 316 g/mol. The molecule has 0 aliphatic heterocycles. The molecule has 2 aromatic carbocycles.